The minimum Gasteiger partial charge on any atom is -0.496 e. The number of carbonyl (C=O) groups is 1. The number of rotatable bonds is 8. The normalized spacial score (nSPS) is 11.0. The van der Waals surface area contributed by atoms with Crippen LogP contribution in [0, 0.1) is 0 Å². The molecule has 6 nitrogen and oxygen atoms in total. The molecule has 2 aromatic carbocycles. The van der Waals surface area contributed by atoms with Gasteiger partial charge in [0.1, 0.15) is 5.75 Å². The lowest BCUT2D eigenvalue weighted by Gasteiger charge is -2.13. The lowest BCUT2D eigenvalue weighted by Crippen LogP contribution is -2.25. The second kappa shape index (κ2) is 9.23. The van der Waals surface area contributed by atoms with Gasteiger partial charge in [-0.25, -0.2) is 4.98 Å². The van der Waals surface area contributed by atoms with E-state index in [1.165, 1.54) is 23.4 Å². The average Bonchev–Trinajstić information content (AvgIpc) is 2.71. The molecule has 8 heteroatoms. The Morgan fingerprint density at radius 2 is 2.00 bits per heavy atom. The number of nitrogens with zero attached hydrogens (tertiary/aromatic N) is 2. The van der Waals surface area contributed by atoms with Crippen LogP contribution >= 0.6 is 23.4 Å². The van der Waals surface area contributed by atoms with Gasteiger partial charge in [-0.3, -0.25) is 14.2 Å². The minimum absolute atomic E-state index is 0.110. The molecule has 0 N–H and O–H groups in total. The fraction of sp³-hybridized carbons (Fsp3) is 0.250. The van der Waals surface area contributed by atoms with Crippen LogP contribution in [0.25, 0.3) is 10.9 Å². The molecule has 0 bridgehead atoms. The third-order valence-electron chi connectivity index (χ3n) is 4.14. The van der Waals surface area contributed by atoms with Gasteiger partial charge in [-0.15, -0.1) is 0 Å². The number of methoxy groups -OCH3 is 2. The summed E-state index contributed by atoms with van der Waals surface area (Å²) >= 11 is 7.25. The summed E-state index contributed by atoms with van der Waals surface area (Å²) in [6, 6.07) is 12.0. The van der Waals surface area contributed by atoms with Crippen molar-refractivity contribution in [2.45, 2.75) is 11.7 Å². The van der Waals surface area contributed by atoms with Crippen molar-refractivity contribution in [2.24, 2.45) is 0 Å². The number of ether oxygens (including phenoxy) is 2. The smallest absolute Gasteiger partial charge is 0.262 e. The molecule has 0 amide bonds. The van der Waals surface area contributed by atoms with Gasteiger partial charge >= 0.3 is 0 Å². The van der Waals surface area contributed by atoms with E-state index < -0.39 is 0 Å². The van der Waals surface area contributed by atoms with Gasteiger partial charge in [0, 0.05) is 12.1 Å². The average molecular weight is 419 g/mol. The van der Waals surface area contributed by atoms with Gasteiger partial charge in [0.2, 0.25) is 0 Å². The summed E-state index contributed by atoms with van der Waals surface area (Å²) in [6.45, 7) is 0.695. The number of carbonyl (C=O) groups excluding carboxylic acids is 1. The van der Waals surface area contributed by atoms with E-state index in [4.69, 9.17) is 21.1 Å². The van der Waals surface area contributed by atoms with E-state index in [-0.39, 0.29) is 17.1 Å². The molecule has 146 valence electrons. The van der Waals surface area contributed by atoms with Crippen molar-refractivity contribution >= 4 is 40.0 Å². The number of thioether (sulfide) groups is 1. The second-order valence-corrected chi connectivity index (χ2v) is 7.30. The van der Waals surface area contributed by atoms with Crippen molar-refractivity contribution in [3.8, 4) is 5.75 Å². The molecule has 0 radical (unpaired) electrons. The fourth-order valence-corrected chi connectivity index (χ4v) is 3.82. The maximum absolute atomic E-state index is 12.9. The van der Waals surface area contributed by atoms with Crippen molar-refractivity contribution < 1.29 is 14.3 Å². The first-order valence-electron chi connectivity index (χ1n) is 8.53. The van der Waals surface area contributed by atoms with Crippen LogP contribution in [-0.2, 0) is 11.3 Å². The molecular weight excluding hydrogens is 400 g/mol. The summed E-state index contributed by atoms with van der Waals surface area (Å²) in [5.41, 5.74) is 0.802. The van der Waals surface area contributed by atoms with Crippen LogP contribution < -0.4 is 10.3 Å². The van der Waals surface area contributed by atoms with Gasteiger partial charge in [-0.2, -0.15) is 0 Å². The molecule has 0 aliphatic carbocycles. The summed E-state index contributed by atoms with van der Waals surface area (Å²) in [5.74, 6) is 0.524. The Labute approximate surface area is 171 Å². The molecule has 0 aliphatic heterocycles. The molecule has 0 unspecified atom stereocenters. The summed E-state index contributed by atoms with van der Waals surface area (Å²) in [6.07, 6.45) is 0. The lowest BCUT2D eigenvalue weighted by atomic mass is 10.1. The summed E-state index contributed by atoms with van der Waals surface area (Å²) < 4.78 is 11.9. The fourth-order valence-electron chi connectivity index (χ4n) is 2.75. The predicted octanol–water partition coefficient (Wildman–Crippen LogP) is 3.68. The zero-order valence-corrected chi connectivity index (χ0v) is 17.0. The highest BCUT2D eigenvalue weighted by Gasteiger charge is 2.16. The van der Waals surface area contributed by atoms with E-state index in [1.807, 2.05) is 0 Å². The molecule has 0 saturated carbocycles. The molecule has 0 aliphatic rings. The first-order valence-corrected chi connectivity index (χ1v) is 9.89. The zero-order valence-electron chi connectivity index (χ0n) is 15.5. The number of ketones is 1. The molecule has 3 rings (SSSR count). The summed E-state index contributed by atoms with van der Waals surface area (Å²) in [5, 5.41) is 1.41. The number of hydrogen-bond acceptors (Lipinski definition) is 6. The maximum Gasteiger partial charge on any atom is 0.262 e. The number of aromatic nitrogens is 2. The molecule has 1 aromatic heterocycles. The molecule has 0 saturated heterocycles. The van der Waals surface area contributed by atoms with E-state index >= 15 is 0 Å². The molecule has 0 spiro atoms. The zero-order chi connectivity index (χ0) is 20.1. The SMILES string of the molecule is COCCn1c(SCC(=O)c2ccccc2OC)nc2cc(Cl)ccc2c1=O. The lowest BCUT2D eigenvalue weighted by molar-refractivity contribution is 0.101. The van der Waals surface area contributed by atoms with Gasteiger partial charge in [0.05, 0.1) is 42.5 Å². The molecule has 1 heterocycles. The van der Waals surface area contributed by atoms with Crippen molar-refractivity contribution in [3.63, 3.8) is 0 Å². The Kier molecular flexibility index (Phi) is 6.72. The Bertz CT molecular complexity index is 1070. The number of hydrogen-bond donors (Lipinski definition) is 0. The molecule has 0 fully saturated rings. The maximum atomic E-state index is 12.9. The Morgan fingerprint density at radius 3 is 2.75 bits per heavy atom. The first kappa shape index (κ1) is 20.4. The Hall–Kier alpha value is -2.35. The van der Waals surface area contributed by atoms with Crippen molar-refractivity contribution in [1.29, 1.82) is 0 Å². The minimum atomic E-state index is -0.189. The molecule has 28 heavy (non-hydrogen) atoms. The highest BCUT2D eigenvalue weighted by atomic mass is 35.5. The highest BCUT2D eigenvalue weighted by molar-refractivity contribution is 7.99. The predicted molar refractivity (Wildman–Crippen MR) is 111 cm³/mol. The Morgan fingerprint density at radius 1 is 1.21 bits per heavy atom. The van der Waals surface area contributed by atoms with Gasteiger partial charge in [-0.05, 0) is 30.3 Å². The van der Waals surface area contributed by atoms with Gasteiger partial charge < -0.3 is 9.47 Å². The van der Waals surface area contributed by atoms with E-state index in [9.17, 15) is 9.59 Å². The van der Waals surface area contributed by atoms with Crippen LogP contribution in [0.15, 0.2) is 52.4 Å². The number of para-hydroxylation sites is 1. The first-order chi connectivity index (χ1) is 13.5. The van der Waals surface area contributed by atoms with Crippen molar-refractivity contribution in [2.75, 3.05) is 26.6 Å². The van der Waals surface area contributed by atoms with Crippen molar-refractivity contribution in [1.82, 2.24) is 9.55 Å². The highest BCUT2D eigenvalue weighted by Crippen LogP contribution is 2.24. The van der Waals surface area contributed by atoms with Crippen LogP contribution in [0.3, 0.4) is 0 Å². The number of halogens is 1. The number of Topliss-reactive ketones (excluding diaryl/α,β-unsaturated/α-hetero) is 1. The molecule has 3 aromatic rings. The third kappa shape index (κ3) is 4.38. The Balaban J connectivity index is 1.94. The monoisotopic (exact) mass is 418 g/mol. The van der Waals surface area contributed by atoms with E-state index in [1.54, 1.807) is 49.6 Å². The number of fused-ring (bicyclic) bond motifs is 1. The summed E-state index contributed by atoms with van der Waals surface area (Å²) in [7, 11) is 3.09. The second-order valence-electron chi connectivity index (χ2n) is 5.92. The van der Waals surface area contributed by atoms with E-state index in [0.717, 1.165) is 0 Å². The van der Waals surface area contributed by atoms with Crippen LogP contribution in [0.1, 0.15) is 10.4 Å². The van der Waals surface area contributed by atoms with E-state index in [2.05, 4.69) is 4.98 Å². The van der Waals surface area contributed by atoms with Crippen molar-refractivity contribution in [3.05, 3.63) is 63.4 Å². The van der Waals surface area contributed by atoms with Gasteiger partial charge in [0.15, 0.2) is 10.9 Å². The van der Waals surface area contributed by atoms with Crippen LogP contribution in [0.4, 0.5) is 0 Å². The number of benzene rings is 2. The molecule has 0 atom stereocenters. The van der Waals surface area contributed by atoms with Crippen LogP contribution in [0.5, 0.6) is 5.75 Å². The molecular formula is C20H19ClN2O4S. The van der Waals surface area contributed by atoms with Crippen LogP contribution in [0.2, 0.25) is 5.02 Å². The quantitative estimate of drug-likeness (QED) is 0.316. The van der Waals surface area contributed by atoms with E-state index in [0.29, 0.717) is 45.5 Å². The summed E-state index contributed by atoms with van der Waals surface area (Å²) in [4.78, 5) is 30.1. The van der Waals surface area contributed by atoms with Crippen LogP contribution in [-0.4, -0.2) is 41.9 Å². The van der Waals surface area contributed by atoms with Gasteiger partial charge in [-0.1, -0.05) is 35.5 Å². The third-order valence-corrected chi connectivity index (χ3v) is 5.35. The standard InChI is InChI=1S/C20H19ClN2O4S/c1-26-10-9-23-19(25)14-8-7-13(21)11-16(14)22-20(23)28-12-17(24)15-5-3-4-6-18(15)27-2/h3-8,11H,9-10,12H2,1-2H3. The largest absolute Gasteiger partial charge is 0.496 e. The van der Waals surface area contributed by atoms with Gasteiger partial charge in [0.25, 0.3) is 5.56 Å². The topological polar surface area (TPSA) is 70.4 Å².